The van der Waals surface area contributed by atoms with Crippen molar-refractivity contribution in [1.29, 1.82) is 0 Å². The number of rotatable bonds is 4. The van der Waals surface area contributed by atoms with E-state index in [1.807, 2.05) is 30.3 Å². The Morgan fingerprint density at radius 2 is 1.95 bits per heavy atom. The molecule has 0 fully saturated rings. The first kappa shape index (κ1) is 13.8. The number of hydrogen-bond acceptors (Lipinski definition) is 6. The lowest BCUT2D eigenvalue weighted by atomic mass is 10.4. The third kappa shape index (κ3) is 3.32. The van der Waals surface area contributed by atoms with Crippen molar-refractivity contribution in [1.82, 2.24) is 24.7 Å². The summed E-state index contributed by atoms with van der Waals surface area (Å²) in [6.45, 7) is 0. The summed E-state index contributed by atoms with van der Waals surface area (Å²) in [5.74, 6) is 0.961. The lowest BCUT2D eigenvalue weighted by molar-refractivity contribution is 0.762. The minimum Gasteiger partial charge on any atom is -0.357 e. The van der Waals surface area contributed by atoms with Crippen molar-refractivity contribution in [3.63, 3.8) is 0 Å². The Hall–Kier alpha value is -2.12. The van der Waals surface area contributed by atoms with Crippen LogP contribution in [0.2, 0.25) is 5.02 Å². The molecule has 2 heterocycles. The SMILES string of the molecule is CNc1nc(Sc2ccc(Cl)cc2)nc(-n2cccn2)n1. The van der Waals surface area contributed by atoms with Crippen LogP contribution in [0.25, 0.3) is 5.95 Å². The Balaban J connectivity index is 1.94. The molecule has 0 aliphatic rings. The molecule has 0 saturated carbocycles. The maximum Gasteiger partial charge on any atom is 0.256 e. The molecule has 3 aromatic rings. The van der Waals surface area contributed by atoms with Crippen LogP contribution in [0.15, 0.2) is 52.8 Å². The molecule has 6 nitrogen and oxygen atoms in total. The van der Waals surface area contributed by atoms with Crippen LogP contribution in [0, 0.1) is 0 Å². The van der Waals surface area contributed by atoms with Crippen LogP contribution < -0.4 is 5.32 Å². The van der Waals surface area contributed by atoms with E-state index in [0.717, 1.165) is 4.90 Å². The van der Waals surface area contributed by atoms with E-state index in [-0.39, 0.29) is 0 Å². The van der Waals surface area contributed by atoms with Crippen molar-refractivity contribution < 1.29 is 0 Å². The molecular formula is C13H11ClN6S. The zero-order valence-corrected chi connectivity index (χ0v) is 12.6. The number of halogens is 1. The molecule has 0 saturated heterocycles. The van der Waals surface area contributed by atoms with Crippen LogP contribution >= 0.6 is 23.4 Å². The van der Waals surface area contributed by atoms with E-state index in [1.54, 1.807) is 24.1 Å². The minimum atomic E-state index is 0.468. The third-order valence-corrected chi connectivity index (χ3v) is 3.68. The van der Waals surface area contributed by atoms with Gasteiger partial charge in [0.15, 0.2) is 5.16 Å². The van der Waals surface area contributed by atoms with Crippen molar-refractivity contribution in [3.05, 3.63) is 47.7 Å². The molecule has 0 bridgehead atoms. The molecule has 1 N–H and O–H groups in total. The number of benzene rings is 1. The van der Waals surface area contributed by atoms with E-state index < -0.39 is 0 Å². The van der Waals surface area contributed by atoms with Gasteiger partial charge < -0.3 is 5.32 Å². The molecule has 0 radical (unpaired) electrons. The molecule has 0 unspecified atom stereocenters. The minimum absolute atomic E-state index is 0.468. The number of nitrogens with one attached hydrogen (secondary N) is 1. The van der Waals surface area contributed by atoms with Crippen LogP contribution in [0.4, 0.5) is 5.95 Å². The van der Waals surface area contributed by atoms with Gasteiger partial charge >= 0.3 is 0 Å². The highest BCUT2D eigenvalue weighted by Crippen LogP contribution is 2.26. The maximum atomic E-state index is 5.88. The van der Waals surface area contributed by atoms with Crippen molar-refractivity contribution in [2.75, 3.05) is 12.4 Å². The molecule has 0 aliphatic carbocycles. The van der Waals surface area contributed by atoms with Gasteiger partial charge in [-0.3, -0.25) is 0 Å². The Bertz CT molecular complexity index is 729. The Kier molecular flexibility index (Phi) is 4.03. The van der Waals surface area contributed by atoms with Gasteiger partial charge in [0.1, 0.15) is 0 Å². The average molecular weight is 319 g/mol. The van der Waals surface area contributed by atoms with Gasteiger partial charge in [0.2, 0.25) is 5.95 Å². The summed E-state index contributed by atoms with van der Waals surface area (Å²) in [5, 5.41) is 8.34. The van der Waals surface area contributed by atoms with Gasteiger partial charge in [-0.1, -0.05) is 11.6 Å². The molecule has 3 rings (SSSR count). The van der Waals surface area contributed by atoms with Gasteiger partial charge in [0.25, 0.3) is 5.95 Å². The number of anilines is 1. The largest absolute Gasteiger partial charge is 0.357 e. The van der Waals surface area contributed by atoms with Crippen molar-refractivity contribution >= 4 is 29.3 Å². The van der Waals surface area contributed by atoms with Gasteiger partial charge in [-0.2, -0.15) is 20.1 Å². The molecule has 0 amide bonds. The van der Waals surface area contributed by atoms with Crippen molar-refractivity contribution in [2.24, 2.45) is 0 Å². The standard InChI is InChI=1S/C13H11ClN6S/c1-15-11-17-12(20-8-2-7-16-20)19-13(18-11)21-10-5-3-9(14)4-6-10/h2-8H,1H3,(H,15,17,18,19). The van der Waals surface area contributed by atoms with E-state index in [1.165, 1.54) is 11.8 Å². The molecule has 2 aromatic heterocycles. The predicted molar refractivity (Wildman–Crippen MR) is 82.1 cm³/mol. The zero-order chi connectivity index (χ0) is 14.7. The molecular weight excluding hydrogens is 308 g/mol. The van der Waals surface area contributed by atoms with Gasteiger partial charge in [-0.25, -0.2) is 4.68 Å². The average Bonchev–Trinajstić information content (AvgIpc) is 3.04. The van der Waals surface area contributed by atoms with E-state index in [0.29, 0.717) is 22.1 Å². The predicted octanol–water partition coefficient (Wildman–Crippen LogP) is 2.90. The smallest absolute Gasteiger partial charge is 0.256 e. The summed E-state index contributed by atoms with van der Waals surface area (Å²) < 4.78 is 1.59. The van der Waals surface area contributed by atoms with Crippen LogP contribution in [-0.4, -0.2) is 31.8 Å². The zero-order valence-electron chi connectivity index (χ0n) is 11.1. The second-order valence-electron chi connectivity index (χ2n) is 4.00. The van der Waals surface area contributed by atoms with Gasteiger partial charge in [0, 0.05) is 29.4 Å². The molecule has 0 spiro atoms. The number of nitrogens with zero attached hydrogens (tertiary/aromatic N) is 5. The van der Waals surface area contributed by atoms with Crippen molar-refractivity contribution in [2.45, 2.75) is 10.1 Å². The fourth-order valence-corrected chi connectivity index (χ4v) is 2.47. The Morgan fingerprint density at radius 3 is 2.62 bits per heavy atom. The van der Waals surface area contributed by atoms with Gasteiger partial charge in [0.05, 0.1) is 0 Å². The van der Waals surface area contributed by atoms with Gasteiger partial charge in [-0.05, 0) is 42.1 Å². The number of aromatic nitrogens is 5. The highest BCUT2D eigenvalue weighted by atomic mass is 35.5. The summed E-state index contributed by atoms with van der Waals surface area (Å²) in [6, 6.07) is 9.32. The highest BCUT2D eigenvalue weighted by molar-refractivity contribution is 7.99. The quantitative estimate of drug-likeness (QED) is 0.797. The highest BCUT2D eigenvalue weighted by Gasteiger charge is 2.09. The Labute approximate surface area is 130 Å². The Morgan fingerprint density at radius 1 is 1.14 bits per heavy atom. The number of hydrogen-bond donors (Lipinski definition) is 1. The molecule has 8 heteroatoms. The van der Waals surface area contributed by atoms with Gasteiger partial charge in [-0.15, -0.1) is 0 Å². The lowest BCUT2D eigenvalue weighted by Gasteiger charge is -2.06. The van der Waals surface area contributed by atoms with E-state index in [9.17, 15) is 0 Å². The second-order valence-corrected chi connectivity index (χ2v) is 5.48. The molecule has 21 heavy (non-hydrogen) atoms. The summed E-state index contributed by atoms with van der Waals surface area (Å²) in [7, 11) is 1.76. The first-order chi connectivity index (χ1) is 10.2. The third-order valence-electron chi connectivity index (χ3n) is 2.56. The molecule has 106 valence electrons. The monoisotopic (exact) mass is 318 g/mol. The van der Waals surface area contributed by atoms with Crippen LogP contribution in [0.5, 0.6) is 0 Å². The molecule has 0 aliphatic heterocycles. The molecule has 1 aromatic carbocycles. The van der Waals surface area contributed by atoms with E-state index >= 15 is 0 Å². The topological polar surface area (TPSA) is 68.5 Å². The second kappa shape index (κ2) is 6.11. The fraction of sp³-hybridized carbons (Fsp3) is 0.0769. The fourth-order valence-electron chi connectivity index (χ4n) is 1.60. The summed E-state index contributed by atoms with van der Waals surface area (Å²) in [5.41, 5.74) is 0. The van der Waals surface area contributed by atoms with Crippen LogP contribution in [0.3, 0.4) is 0 Å². The van der Waals surface area contributed by atoms with E-state index in [4.69, 9.17) is 11.6 Å². The normalized spacial score (nSPS) is 10.6. The maximum absolute atomic E-state index is 5.88. The first-order valence-electron chi connectivity index (χ1n) is 6.12. The first-order valence-corrected chi connectivity index (χ1v) is 7.31. The summed E-state index contributed by atoms with van der Waals surface area (Å²) in [6.07, 6.45) is 3.46. The molecule has 0 atom stereocenters. The van der Waals surface area contributed by atoms with E-state index in [2.05, 4.69) is 25.4 Å². The summed E-state index contributed by atoms with van der Waals surface area (Å²) in [4.78, 5) is 14.0. The van der Waals surface area contributed by atoms with Crippen LogP contribution in [-0.2, 0) is 0 Å². The van der Waals surface area contributed by atoms with Crippen LogP contribution in [0.1, 0.15) is 0 Å². The van der Waals surface area contributed by atoms with Crippen molar-refractivity contribution in [3.8, 4) is 5.95 Å². The lowest BCUT2D eigenvalue weighted by Crippen LogP contribution is -2.07. The summed E-state index contributed by atoms with van der Waals surface area (Å²) >= 11 is 7.32.